The second-order valence-corrected chi connectivity index (χ2v) is 7.47. The summed E-state index contributed by atoms with van der Waals surface area (Å²) in [6.07, 6.45) is 6.26. The summed E-state index contributed by atoms with van der Waals surface area (Å²) >= 11 is 0. The molecule has 0 spiro atoms. The standard InChI is InChI=1S/C22H25FN2O2/c23-19-6-2-1-4-16(19)5-3-13-24-18-10-7-15(8-11-18)17-9-12-20-21(14-17)27-22(26)25-20/h1-2,4,6,9,12,14-15,18,24H,3,5,7-8,10-11,13H2,(H,25,26)/t15-,18-. The molecular formula is C22H25FN2O2. The van der Waals surface area contributed by atoms with Gasteiger partial charge >= 0.3 is 5.76 Å². The van der Waals surface area contributed by atoms with Crippen molar-refractivity contribution in [3.8, 4) is 0 Å². The van der Waals surface area contributed by atoms with Crippen LogP contribution >= 0.6 is 0 Å². The zero-order valence-electron chi connectivity index (χ0n) is 15.3. The molecule has 1 aliphatic carbocycles. The predicted molar refractivity (Wildman–Crippen MR) is 105 cm³/mol. The lowest BCUT2D eigenvalue weighted by Crippen LogP contribution is -2.33. The van der Waals surface area contributed by atoms with Gasteiger partial charge in [0.15, 0.2) is 5.58 Å². The fourth-order valence-corrected chi connectivity index (χ4v) is 4.13. The maximum absolute atomic E-state index is 13.6. The van der Waals surface area contributed by atoms with Gasteiger partial charge in [0.1, 0.15) is 5.82 Å². The molecule has 1 heterocycles. The highest BCUT2D eigenvalue weighted by Gasteiger charge is 2.22. The quantitative estimate of drug-likeness (QED) is 0.630. The summed E-state index contributed by atoms with van der Waals surface area (Å²) in [5, 5.41) is 3.63. The van der Waals surface area contributed by atoms with E-state index in [0.717, 1.165) is 56.1 Å². The zero-order chi connectivity index (χ0) is 18.6. The predicted octanol–water partition coefficient (Wildman–Crippen LogP) is 4.51. The van der Waals surface area contributed by atoms with Gasteiger partial charge in [0.05, 0.1) is 5.52 Å². The first kappa shape index (κ1) is 18.0. The summed E-state index contributed by atoms with van der Waals surface area (Å²) in [6.45, 7) is 0.921. The van der Waals surface area contributed by atoms with Crippen molar-refractivity contribution in [2.75, 3.05) is 6.54 Å². The Morgan fingerprint density at radius 2 is 1.93 bits per heavy atom. The largest absolute Gasteiger partial charge is 0.417 e. The van der Waals surface area contributed by atoms with Gasteiger partial charge in [-0.2, -0.15) is 0 Å². The van der Waals surface area contributed by atoms with Gasteiger partial charge in [-0.05, 0) is 80.3 Å². The first-order valence-corrected chi connectivity index (χ1v) is 9.78. The number of hydrogen-bond donors (Lipinski definition) is 2. The topological polar surface area (TPSA) is 58.0 Å². The number of fused-ring (bicyclic) bond motifs is 1. The third kappa shape index (κ3) is 4.30. The second kappa shape index (κ2) is 8.09. The van der Waals surface area contributed by atoms with E-state index in [0.29, 0.717) is 17.5 Å². The Hall–Kier alpha value is -2.40. The van der Waals surface area contributed by atoms with Crippen molar-refractivity contribution in [1.29, 1.82) is 0 Å². The molecule has 0 radical (unpaired) electrons. The third-order valence-corrected chi connectivity index (χ3v) is 5.66. The normalized spacial score (nSPS) is 20.2. The van der Waals surface area contributed by atoms with Gasteiger partial charge in [0.25, 0.3) is 0 Å². The molecule has 5 heteroatoms. The van der Waals surface area contributed by atoms with E-state index in [1.165, 1.54) is 11.6 Å². The number of halogens is 1. The minimum Gasteiger partial charge on any atom is -0.408 e. The Morgan fingerprint density at radius 1 is 1.11 bits per heavy atom. The van der Waals surface area contributed by atoms with Crippen molar-refractivity contribution in [2.24, 2.45) is 0 Å². The molecule has 4 rings (SSSR count). The summed E-state index contributed by atoms with van der Waals surface area (Å²) in [5.41, 5.74) is 3.46. The first-order chi connectivity index (χ1) is 13.2. The number of aryl methyl sites for hydroxylation is 1. The molecule has 2 N–H and O–H groups in total. The van der Waals surface area contributed by atoms with Crippen molar-refractivity contribution in [2.45, 2.75) is 50.5 Å². The highest BCUT2D eigenvalue weighted by molar-refractivity contribution is 5.72. The molecule has 0 aliphatic heterocycles. The molecule has 0 unspecified atom stereocenters. The lowest BCUT2D eigenvalue weighted by Gasteiger charge is -2.29. The fraction of sp³-hybridized carbons (Fsp3) is 0.409. The number of hydrogen-bond acceptors (Lipinski definition) is 3. The highest BCUT2D eigenvalue weighted by atomic mass is 19.1. The summed E-state index contributed by atoms with van der Waals surface area (Å²) in [5.74, 6) is 0.0183. The molecule has 1 aromatic heterocycles. The zero-order valence-corrected chi connectivity index (χ0v) is 15.3. The lowest BCUT2D eigenvalue weighted by atomic mass is 9.81. The molecule has 0 bridgehead atoms. The monoisotopic (exact) mass is 368 g/mol. The minimum atomic E-state index is -0.398. The van der Waals surface area contributed by atoms with Crippen LogP contribution in [0.1, 0.15) is 49.1 Å². The highest BCUT2D eigenvalue weighted by Crippen LogP contribution is 2.34. The Kier molecular flexibility index (Phi) is 5.39. The molecule has 3 aromatic rings. The third-order valence-electron chi connectivity index (χ3n) is 5.66. The number of aromatic amines is 1. The van der Waals surface area contributed by atoms with Gasteiger partial charge in [-0.1, -0.05) is 24.3 Å². The van der Waals surface area contributed by atoms with Gasteiger partial charge in [-0.15, -0.1) is 0 Å². The summed E-state index contributed by atoms with van der Waals surface area (Å²) in [4.78, 5) is 14.0. The molecule has 1 fully saturated rings. The summed E-state index contributed by atoms with van der Waals surface area (Å²) < 4.78 is 18.8. The van der Waals surface area contributed by atoms with E-state index < -0.39 is 5.76 Å². The van der Waals surface area contributed by atoms with E-state index in [1.54, 1.807) is 6.07 Å². The molecule has 1 saturated carbocycles. The molecule has 2 aromatic carbocycles. The van der Waals surface area contributed by atoms with Crippen LogP contribution in [0, 0.1) is 5.82 Å². The first-order valence-electron chi connectivity index (χ1n) is 9.78. The van der Waals surface area contributed by atoms with E-state index in [-0.39, 0.29) is 5.82 Å². The van der Waals surface area contributed by atoms with Crippen LogP contribution in [0.5, 0.6) is 0 Å². The maximum Gasteiger partial charge on any atom is 0.417 e. The molecule has 0 saturated heterocycles. The van der Waals surface area contributed by atoms with Gasteiger partial charge < -0.3 is 9.73 Å². The lowest BCUT2D eigenvalue weighted by molar-refractivity contribution is 0.342. The van der Waals surface area contributed by atoms with E-state index in [4.69, 9.17) is 4.42 Å². The summed E-state index contributed by atoms with van der Waals surface area (Å²) in [7, 11) is 0. The number of oxazole rings is 1. The Labute approximate surface area is 157 Å². The van der Waals surface area contributed by atoms with E-state index in [9.17, 15) is 9.18 Å². The molecule has 0 atom stereocenters. The van der Waals surface area contributed by atoms with E-state index in [1.807, 2.05) is 24.3 Å². The Morgan fingerprint density at radius 3 is 2.74 bits per heavy atom. The SMILES string of the molecule is O=c1[nH]c2ccc([C@H]3CC[C@H](NCCCc4ccccc4F)CC3)cc2o1. The van der Waals surface area contributed by atoms with Gasteiger partial charge in [-0.3, -0.25) is 4.98 Å². The van der Waals surface area contributed by atoms with Crippen LogP contribution in [0.15, 0.2) is 51.7 Å². The van der Waals surface area contributed by atoms with E-state index >= 15 is 0 Å². The van der Waals surface area contributed by atoms with Crippen molar-refractivity contribution in [1.82, 2.24) is 10.3 Å². The minimum absolute atomic E-state index is 0.103. The number of aromatic nitrogens is 1. The number of nitrogens with one attached hydrogen (secondary N) is 2. The van der Waals surface area contributed by atoms with Crippen LogP contribution in [0.25, 0.3) is 11.1 Å². The van der Waals surface area contributed by atoms with Gasteiger partial charge in [0, 0.05) is 6.04 Å². The fourth-order valence-electron chi connectivity index (χ4n) is 4.13. The van der Waals surface area contributed by atoms with Crippen LogP contribution < -0.4 is 11.1 Å². The molecule has 4 nitrogen and oxygen atoms in total. The van der Waals surface area contributed by atoms with Crippen LogP contribution in [-0.2, 0) is 6.42 Å². The number of H-pyrrole nitrogens is 1. The average Bonchev–Trinajstić information content (AvgIpc) is 3.06. The van der Waals surface area contributed by atoms with Crippen molar-refractivity contribution in [3.63, 3.8) is 0 Å². The second-order valence-electron chi connectivity index (χ2n) is 7.47. The Bertz CT molecular complexity index is 954. The molecule has 1 aliphatic rings. The Balaban J connectivity index is 1.23. The smallest absolute Gasteiger partial charge is 0.408 e. The van der Waals surface area contributed by atoms with Crippen LogP contribution in [0.2, 0.25) is 0 Å². The van der Waals surface area contributed by atoms with Crippen LogP contribution in [-0.4, -0.2) is 17.6 Å². The molecule has 0 amide bonds. The molecule has 142 valence electrons. The van der Waals surface area contributed by atoms with Crippen molar-refractivity contribution < 1.29 is 8.81 Å². The van der Waals surface area contributed by atoms with Gasteiger partial charge in [-0.25, -0.2) is 9.18 Å². The van der Waals surface area contributed by atoms with Crippen molar-refractivity contribution >= 4 is 11.1 Å². The van der Waals surface area contributed by atoms with Crippen LogP contribution in [0.3, 0.4) is 0 Å². The van der Waals surface area contributed by atoms with Crippen molar-refractivity contribution in [3.05, 3.63) is 70.0 Å². The molecular weight excluding hydrogens is 343 g/mol. The van der Waals surface area contributed by atoms with Crippen LogP contribution in [0.4, 0.5) is 4.39 Å². The molecule has 27 heavy (non-hydrogen) atoms. The summed E-state index contributed by atoms with van der Waals surface area (Å²) in [6, 6.07) is 13.6. The number of benzene rings is 2. The average molecular weight is 368 g/mol. The number of rotatable bonds is 6. The van der Waals surface area contributed by atoms with Gasteiger partial charge in [0.2, 0.25) is 0 Å². The maximum atomic E-state index is 13.6. The van der Waals surface area contributed by atoms with E-state index in [2.05, 4.69) is 16.4 Å².